The van der Waals surface area contributed by atoms with Crippen molar-refractivity contribution in [2.75, 3.05) is 13.1 Å². The van der Waals surface area contributed by atoms with Crippen LogP contribution >= 0.6 is 0 Å². The number of likely N-dealkylation sites (tertiary alicyclic amines) is 1. The summed E-state index contributed by atoms with van der Waals surface area (Å²) in [7, 11) is 0. The summed E-state index contributed by atoms with van der Waals surface area (Å²) in [6.45, 7) is 2.87. The van der Waals surface area contributed by atoms with Crippen LogP contribution in [-0.2, 0) is 21.7 Å². The fourth-order valence-electron chi connectivity index (χ4n) is 5.69. The lowest BCUT2D eigenvalue weighted by Crippen LogP contribution is -2.52. The first kappa shape index (κ1) is 20.4. The van der Waals surface area contributed by atoms with Crippen molar-refractivity contribution in [3.8, 4) is 0 Å². The molecule has 2 saturated carbocycles. The summed E-state index contributed by atoms with van der Waals surface area (Å²) in [5, 5.41) is 14.9. The van der Waals surface area contributed by atoms with Gasteiger partial charge < -0.3 is 10.4 Å². The number of amides is 1. The molecule has 5 heteroatoms. The molecule has 5 nitrogen and oxygen atoms in total. The second kappa shape index (κ2) is 8.21. The van der Waals surface area contributed by atoms with Crippen LogP contribution in [0.3, 0.4) is 0 Å². The highest BCUT2D eigenvalue weighted by molar-refractivity contribution is 5.89. The average molecular weight is 419 g/mol. The molecule has 0 aromatic heterocycles. The number of piperidine rings is 1. The van der Waals surface area contributed by atoms with Crippen LogP contribution in [0.25, 0.3) is 0 Å². The zero-order valence-corrected chi connectivity index (χ0v) is 17.7. The summed E-state index contributed by atoms with van der Waals surface area (Å²) < 4.78 is 0. The number of hydrogen-bond acceptors (Lipinski definition) is 4. The minimum atomic E-state index is -1.65. The van der Waals surface area contributed by atoms with Crippen LogP contribution in [0.15, 0.2) is 60.7 Å². The highest BCUT2D eigenvalue weighted by atomic mass is 16.3. The van der Waals surface area contributed by atoms with E-state index in [-0.39, 0.29) is 30.1 Å². The molecule has 162 valence electrons. The maximum Gasteiger partial charge on any atom is 0.257 e. The van der Waals surface area contributed by atoms with E-state index in [2.05, 4.69) is 34.5 Å². The largest absolute Gasteiger partial charge is 0.375 e. The van der Waals surface area contributed by atoms with Crippen molar-refractivity contribution in [1.29, 1.82) is 0 Å². The number of carbonyl (C=O) groups is 2. The highest BCUT2D eigenvalue weighted by Crippen LogP contribution is 2.47. The van der Waals surface area contributed by atoms with Crippen LogP contribution in [0.1, 0.15) is 36.8 Å². The van der Waals surface area contributed by atoms with E-state index < -0.39 is 5.60 Å². The Morgan fingerprint density at radius 2 is 1.68 bits per heavy atom. The molecule has 3 fully saturated rings. The molecule has 3 unspecified atom stereocenters. The lowest BCUT2D eigenvalue weighted by Gasteiger charge is -2.37. The number of fused-ring (bicyclic) bond motifs is 1. The van der Waals surface area contributed by atoms with Gasteiger partial charge in [0.1, 0.15) is 5.78 Å². The maximum absolute atomic E-state index is 13.4. The van der Waals surface area contributed by atoms with Gasteiger partial charge in [0.15, 0.2) is 5.60 Å². The molecule has 1 heterocycles. The van der Waals surface area contributed by atoms with E-state index in [4.69, 9.17) is 0 Å². The molecule has 5 rings (SSSR count). The van der Waals surface area contributed by atoms with E-state index in [1.807, 2.05) is 24.3 Å². The summed E-state index contributed by atoms with van der Waals surface area (Å²) in [5.74, 6) is 0.316. The van der Waals surface area contributed by atoms with Crippen molar-refractivity contribution in [3.05, 3.63) is 71.8 Å². The predicted octanol–water partition coefficient (Wildman–Crippen LogP) is 2.88. The molecule has 1 saturated heterocycles. The third-order valence-electron chi connectivity index (χ3n) is 7.45. The molecular weight excluding hydrogens is 388 g/mol. The number of nitrogens with zero attached hydrogens (tertiary/aromatic N) is 1. The number of ketones is 1. The lowest BCUT2D eigenvalue weighted by atomic mass is 9.72. The van der Waals surface area contributed by atoms with Crippen LogP contribution < -0.4 is 5.32 Å². The third kappa shape index (κ3) is 3.92. The highest BCUT2D eigenvalue weighted by Gasteiger charge is 2.58. The number of rotatable bonds is 6. The molecule has 31 heavy (non-hydrogen) atoms. The molecule has 2 aromatic carbocycles. The molecule has 0 spiro atoms. The van der Waals surface area contributed by atoms with Gasteiger partial charge in [-0.25, -0.2) is 0 Å². The van der Waals surface area contributed by atoms with E-state index in [1.54, 1.807) is 12.1 Å². The molecule has 2 aliphatic carbocycles. The normalized spacial score (nSPS) is 29.8. The second-order valence-electron chi connectivity index (χ2n) is 9.47. The Kier molecular flexibility index (Phi) is 5.40. The van der Waals surface area contributed by atoms with Gasteiger partial charge in [0, 0.05) is 44.4 Å². The van der Waals surface area contributed by atoms with Gasteiger partial charge in [0.05, 0.1) is 0 Å². The van der Waals surface area contributed by atoms with Gasteiger partial charge in [0.2, 0.25) is 0 Å². The number of aliphatic hydroxyl groups is 1. The summed E-state index contributed by atoms with van der Waals surface area (Å²) in [5.41, 5.74) is 0.242. The topological polar surface area (TPSA) is 69.6 Å². The standard InChI is InChI=1S/C26H30N2O3/c29-21-13-7-12-20(14-21)26(31,19-10-5-2-6-11-19)25(30)27-24-22-16-28(17-23(22)24)15-18-8-3-1-4-9-18/h1-6,8-11,20,22-24,31H,7,12-17H2,(H,27,30)/t20?,22-,23+,24?,26?. The SMILES string of the molecule is O=C1CCCC(C(O)(C(=O)NC2[C@H]3CN(Cc4ccccc4)C[C@@H]23)c2ccccc2)C1. The van der Waals surface area contributed by atoms with Crippen molar-refractivity contribution in [2.45, 2.75) is 43.9 Å². The minimum absolute atomic E-state index is 0.119. The van der Waals surface area contributed by atoms with Gasteiger partial charge in [-0.3, -0.25) is 14.5 Å². The van der Waals surface area contributed by atoms with E-state index in [0.29, 0.717) is 30.2 Å². The van der Waals surface area contributed by atoms with Gasteiger partial charge in [-0.15, -0.1) is 0 Å². The number of carbonyl (C=O) groups excluding carboxylic acids is 2. The monoisotopic (exact) mass is 418 g/mol. The Balaban J connectivity index is 1.26. The molecule has 0 bridgehead atoms. The third-order valence-corrected chi connectivity index (χ3v) is 7.45. The Morgan fingerprint density at radius 3 is 2.32 bits per heavy atom. The van der Waals surface area contributed by atoms with Crippen molar-refractivity contribution in [1.82, 2.24) is 10.2 Å². The summed E-state index contributed by atoms with van der Waals surface area (Å²) >= 11 is 0. The van der Waals surface area contributed by atoms with Gasteiger partial charge >= 0.3 is 0 Å². The first-order valence-electron chi connectivity index (χ1n) is 11.4. The van der Waals surface area contributed by atoms with Gasteiger partial charge in [-0.05, 0) is 35.8 Å². The zero-order valence-electron chi connectivity index (χ0n) is 17.7. The molecule has 5 atom stereocenters. The van der Waals surface area contributed by atoms with E-state index in [0.717, 1.165) is 26.1 Å². The van der Waals surface area contributed by atoms with Crippen LogP contribution in [0.4, 0.5) is 0 Å². The van der Waals surface area contributed by atoms with Crippen LogP contribution in [0.5, 0.6) is 0 Å². The number of benzene rings is 2. The number of hydrogen-bond donors (Lipinski definition) is 2. The predicted molar refractivity (Wildman–Crippen MR) is 118 cm³/mol. The number of Topliss-reactive ketones (excluding diaryl/α,β-unsaturated/α-hetero) is 1. The molecule has 1 amide bonds. The summed E-state index contributed by atoms with van der Waals surface area (Å²) in [6.07, 6.45) is 2.23. The van der Waals surface area contributed by atoms with Crippen molar-refractivity contribution in [2.24, 2.45) is 17.8 Å². The van der Waals surface area contributed by atoms with Crippen LogP contribution in [0.2, 0.25) is 0 Å². The minimum Gasteiger partial charge on any atom is -0.375 e. The Morgan fingerprint density at radius 1 is 1.03 bits per heavy atom. The zero-order chi connectivity index (χ0) is 21.4. The maximum atomic E-state index is 13.4. The Bertz CT molecular complexity index is 936. The van der Waals surface area contributed by atoms with Gasteiger partial charge in [0.25, 0.3) is 5.91 Å². The number of nitrogens with one attached hydrogen (secondary N) is 1. The van der Waals surface area contributed by atoms with E-state index in [1.165, 1.54) is 5.56 Å². The molecule has 1 aliphatic heterocycles. The smallest absolute Gasteiger partial charge is 0.257 e. The van der Waals surface area contributed by atoms with E-state index in [9.17, 15) is 14.7 Å². The molecule has 2 N–H and O–H groups in total. The fraction of sp³-hybridized carbons (Fsp3) is 0.462. The van der Waals surface area contributed by atoms with Gasteiger partial charge in [-0.1, -0.05) is 60.7 Å². The average Bonchev–Trinajstić information content (AvgIpc) is 3.23. The molecule has 3 aliphatic rings. The quantitative estimate of drug-likeness (QED) is 0.757. The van der Waals surface area contributed by atoms with Crippen molar-refractivity contribution < 1.29 is 14.7 Å². The first-order chi connectivity index (χ1) is 15.1. The second-order valence-corrected chi connectivity index (χ2v) is 9.47. The Labute approximate surface area is 183 Å². The molecule has 2 aromatic rings. The first-order valence-corrected chi connectivity index (χ1v) is 11.4. The van der Waals surface area contributed by atoms with Crippen LogP contribution in [0, 0.1) is 17.8 Å². The van der Waals surface area contributed by atoms with Gasteiger partial charge in [-0.2, -0.15) is 0 Å². The lowest BCUT2D eigenvalue weighted by molar-refractivity contribution is -0.151. The van der Waals surface area contributed by atoms with E-state index >= 15 is 0 Å². The summed E-state index contributed by atoms with van der Waals surface area (Å²) in [4.78, 5) is 28.0. The Hall–Kier alpha value is -2.50. The summed E-state index contributed by atoms with van der Waals surface area (Å²) in [6, 6.07) is 19.7. The molecular formula is C26H30N2O3. The van der Waals surface area contributed by atoms with Crippen LogP contribution in [-0.4, -0.2) is 40.8 Å². The van der Waals surface area contributed by atoms with Crippen molar-refractivity contribution >= 4 is 11.7 Å². The fourth-order valence-corrected chi connectivity index (χ4v) is 5.69. The molecule has 0 radical (unpaired) electrons. The van der Waals surface area contributed by atoms with Crippen molar-refractivity contribution in [3.63, 3.8) is 0 Å².